The van der Waals surface area contributed by atoms with E-state index in [4.69, 9.17) is 0 Å². The molecule has 2 rings (SSSR count). The molecule has 0 saturated heterocycles. The lowest BCUT2D eigenvalue weighted by molar-refractivity contribution is -0.141. The summed E-state index contributed by atoms with van der Waals surface area (Å²) in [5, 5.41) is 9.35. The molecule has 0 amide bonds. The maximum Gasteiger partial charge on any atom is 0.305 e. The Morgan fingerprint density at radius 2 is 1.80 bits per heavy atom. The zero-order valence-electron chi connectivity index (χ0n) is 13.2. The molecule has 0 aromatic heterocycles. The lowest BCUT2D eigenvalue weighted by atomic mass is 9.77. The molecule has 0 spiro atoms. The van der Waals surface area contributed by atoms with E-state index in [0.29, 0.717) is 12.5 Å². The van der Waals surface area contributed by atoms with E-state index in [0.717, 1.165) is 18.8 Å². The lowest BCUT2D eigenvalue weighted by Gasteiger charge is -2.47. The zero-order chi connectivity index (χ0) is 14.6. The van der Waals surface area contributed by atoms with Crippen LogP contribution in [0.15, 0.2) is 0 Å². The van der Waals surface area contributed by atoms with Crippen molar-refractivity contribution in [3.05, 3.63) is 0 Å². The van der Waals surface area contributed by atoms with Crippen LogP contribution in [0, 0.1) is 5.92 Å². The standard InChI is InChI=1S/C17H31NO2/c1-14-7-6-8-15(10-9-14)18(2)17(13-16(19)20)11-4-3-5-12-17/h14-15H,3-13H2,1-2H3,(H,19,20). The van der Waals surface area contributed by atoms with Crippen LogP contribution >= 0.6 is 0 Å². The molecule has 1 N–H and O–H groups in total. The minimum absolute atomic E-state index is 0.0671. The van der Waals surface area contributed by atoms with Gasteiger partial charge in [0.15, 0.2) is 0 Å². The van der Waals surface area contributed by atoms with Crippen LogP contribution in [-0.2, 0) is 4.79 Å². The molecule has 20 heavy (non-hydrogen) atoms. The van der Waals surface area contributed by atoms with Crippen molar-refractivity contribution >= 4 is 5.97 Å². The molecule has 0 aromatic rings. The Labute approximate surface area is 123 Å². The van der Waals surface area contributed by atoms with E-state index in [1.54, 1.807) is 0 Å². The van der Waals surface area contributed by atoms with Gasteiger partial charge in [0.25, 0.3) is 0 Å². The van der Waals surface area contributed by atoms with Gasteiger partial charge in [-0.3, -0.25) is 9.69 Å². The third-order valence-corrected chi connectivity index (χ3v) is 5.79. The van der Waals surface area contributed by atoms with E-state index >= 15 is 0 Å². The molecule has 2 saturated carbocycles. The molecule has 2 aliphatic rings. The molecule has 3 nitrogen and oxygen atoms in total. The molecular weight excluding hydrogens is 250 g/mol. The average Bonchev–Trinajstić information content (AvgIpc) is 2.63. The fourth-order valence-corrected chi connectivity index (χ4v) is 4.39. The summed E-state index contributed by atoms with van der Waals surface area (Å²) in [6, 6.07) is 0.595. The SMILES string of the molecule is CC1CCCC(N(C)C2(CC(=O)O)CCCCC2)CC1. The number of carboxylic acid groups (broad SMARTS) is 1. The second kappa shape index (κ2) is 6.93. The number of aliphatic carboxylic acids is 1. The van der Waals surface area contributed by atoms with Gasteiger partial charge in [-0.15, -0.1) is 0 Å². The maximum atomic E-state index is 11.4. The van der Waals surface area contributed by atoms with Crippen molar-refractivity contribution in [1.29, 1.82) is 0 Å². The van der Waals surface area contributed by atoms with E-state index in [2.05, 4.69) is 18.9 Å². The minimum atomic E-state index is -0.624. The normalized spacial score (nSPS) is 30.9. The molecule has 0 bridgehead atoms. The fourth-order valence-electron chi connectivity index (χ4n) is 4.39. The van der Waals surface area contributed by atoms with Crippen molar-refractivity contribution in [2.45, 2.75) is 89.1 Å². The van der Waals surface area contributed by atoms with Crippen LogP contribution in [0.5, 0.6) is 0 Å². The van der Waals surface area contributed by atoms with Gasteiger partial charge < -0.3 is 5.11 Å². The lowest BCUT2D eigenvalue weighted by Crippen LogP contribution is -2.53. The van der Waals surface area contributed by atoms with Crippen molar-refractivity contribution in [3.63, 3.8) is 0 Å². The summed E-state index contributed by atoms with van der Waals surface area (Å²) >= 11 is 0. The van der Waals surface area contributed by atoms with E-state index in [-0.39, 0.29) is 5.54 Å². The summed E-state index contributed by atoms with van der Waals surface area (Å²) in [6.45, 7) is 2.36. The van der Waals surface area contributed by atoms with Crippen molar-refractivity contribution in [1.82, 2.24) is 4.90 Å². The number of carboxylic acids is 1. The topological polar surface area (TPSA) is 40.5 Å². The number of carbonyl (C=O) groups is 1. The predicted molar refractivity (Wildman–Crippen MR) is 81.9 cm³/mol. The third-order valence-electron chi connectivity index (χ3n) is 5.79. The number of hydrogen-bond acceptors (Lipinski definition) is 2. The Morgan fingerprint density at radius 1 is 1.10 bits per heavy atom. The minimum Gasteiger partial charge on any atom is -0.481 e. The first kappa shape index (κ1) is 15.8. The molecule has 2 unspecified atom stereocenters. The van der Waals surface area contributed by atoms with E-state index in [9.17, 15) is 9.90 Å². The van der Waals surface area contributed by atoms with E-state index < -0.39 is 5.97 Å². The zero-order valence-corrected chi connectivity index (χ0v) is 13.2. The van der Waals surface area contributed by atoms with Gasteiger partial charge in [-0.2, -0.15) is 0 Å². The monoisotopic (exact) mass is 281 g/mol. The Kier molecular flexibility index (Phi) is 5.48. The first-order chi connectivity index (χ1) is 9.53. The molecule has 116 valence electrons. The number of rotatable bonds is 4. The average molecular weight is 281 g/mol. The van der Waals surface area contributed by atoms with E-state index in [1.807, 2.05) is 0 Å². The van der Waals surface area contributed by atoms with Crippen molar-refractivity contribution < 1.29 is 9.90 Å². The van der Waals surface area contributed by atoms with Gasteiger partial charge in [-0.25, -0.2) is 0 Å². The first-order valence-corrected chi connectivity index (χ1v) is 8.48. The number of hydrogen-bond donors (Lipinski definition) is 1. The van der Waals surface area contributed by atoms with Gasteiger partial charge in [0.1, 0.15) is 0 Å². The van der Waals surface area contributed by atoms with Crippen LogP contribution < -0.4 is 0 Å². The fraction of sp³-hybridized carbons (Fsp3) is 0.941. The summed E-state index contributed by atoms with van der Waals surface area (Å²) < 4.78 is 0. The molecule has 0 heterocycles. The van der Waals surface area contributed by atoms with Crippen LogP contribution in [0.2, 0.25) is 0 Å². The highest BCUT2D eigenvalue weighted by atomic mass is 16.4. The number of nitrogens with zero attached hydrogens (tertiary/aromatic N) is 1. The molecule has 0 aliphatic heterocycles. The summed E-state index contributed by atoms with van der Waals surface area (Å²) in [6.07, 6.45) is 12.6. The van der Waals surface area contributed by atoms with Crippen LogP contribution in [-0.4, -0.2) is 34.6 Å². The molecule has 0 radical (unpaired) electrons. The van der Waals surface area contributed by atoms with Gasteiger partial charge in [-0.1, -0.05) is 39.0 Å². The molecular formula is C17H31NO2. The molecule has 2 atom stereocenters. The van der Waals surface area contributed by atoms with Crippen LogP contribution in [0.25, 0.3) is 0 Å². The molecule has 3 heteroatoms. The molecule has 2 aliphatic carbocycles. The van der Waals surface area contributed by atoms with Crippen molar-refractivity contribution in [3.8, 4) is 0 Å². The highest BCUT2D eigenvalue weighted by Crippen LogP contribution is 2.39. The van der Waals surface area contributed by atoms with Gasteiger partial charge in [0.05, 0.1) is 6.42 Å². The smallest absolute Gasteiger partial charge is 0.305 e. The summed E-state index contributed by atoms with van der Waals surface area (Å²) in [5.74, 6) is 0.218. The third kappa shape index (κ3) is 3.75. The largest absolute Gasteiger partial charge is 0.481 e. The van der Waals surface area contributed by atoms with Gasteiger partial charge in [0.2, 0.25) is 0 Å². The summed E-state index contributed by atoms with van der Waals surface area (Å²) in [7, 11) is 2.20. The van der Waals surface area contributed by atoms with Crippen molar-refractivity contribution in [2.75, 3.05) is 7.05 Å². The Balaban J connectivity index is 2.08. The quantitative estimate of drug-likeness (QED) is 0.790. The second-order valence-electron chi connectivity index (χ2n) is 7.23. The Hall–Kier alpha value is -0.570. The van der Waals surface area contributed by atoms with Crippen LogP contribution in [0.1, 0.15) is 77.6 Å². The Morgan fingerprint density at radius 3 is 2.45 bits per heavy atom. The van der Waals surface area contributed by atoms with E-state index in [1.165, 1.54) is 51.4 Å². The van der Waals surface area contributed by atoms with Gasteiger partial charge in [0, 0.05) is 11.6 Å². The molecule has 0 aromatic carbocycles. The highest BCUT2D eigenvalue weighted by molar-refractivity contribution is 5.68. The van der Waals surface area contributed by atoms with Gasteiger partial charge >= 0.3 is 5.97 Å². The second-order valence-corrected chi connectivity index (χ2v) is 7.23. The van der Waals surface area contributed by atoms with Crippen LogP contribution in [0.4, 0.5) is 0 Å². The van der Waals surface area contributed by atoms with Crippen LogP contribution in [0.3, 0.4) is 0 Å². The highest BCUT2D eigenvalue weighted by Gasteiger charge is 2.41. The summed E-state index contributed by atoms with van der Waals surface area (Å²) in [4.78, 5) is 13.8. The van der Waals surface area contributed by atoms with Gasteiger partial charge in [-0.05, 0) is 45.1 Å². The maximum absolute atomic E-state index is 11.4. The Bertz CT molecular complexity index is 323. The predicted octanol–water partition coefficient (Wildman–Crippen LogP) is 4.06. The summed E-state index contributed by atoms with van der Waals surface area (Å²) in [5.41, 5.74) is -0.0671. The first-order valence-electron chi connectivity index (χ1n) is 8.48. The van der Waals surface area contributed by atoms with Crippen molar-refractivity contribution in [2.24, 2.45) is 5.92 Å². The molecule has 2 fully saturated rings.